The molecule has 0 spiro atoms. The van der Waals surface area contributed by atoms with Crippen molar-refractivity contribution in [2.75, 3.05) is 33.0 Å². The number of carbonyl (C=O) groups excluding carboxylic acids is 1. The molecule has 0 unspecified atom stereocenters. The maximum atomic E-state index is 11.0. The third-order valence-corrected chi connectivity index (χ3v) is 1.63. The van der Waals surface area contributed by atoms with Gasteiger partial charge in [0.1, 0.15) is 6.61 Å². The van der Waals surface area contributed by atoms with Crippen LogP contribution in [-0.2, 0) is 9.53 Å². The minimum absolute atomic E-state index is 0.348. The molecule has 0 heterocycles. The molecule has 0 amide bonds. The molecule has 0 aromatic rings. The van der Waals surface area contributed by atoms with Crippen LogP contribution in [0.2, 0.25) is 0 Å². The number of hydrogen-bond donors (Lipinski definition) is 1. The molecule has 0 bridgehead atoms. The van der Waals surface area contributed by atoms with Crippen molar-refractivity contribution in [3.8, 4) is 0 Å². The van der Waals surface area contributed by atoms with Crippen molar-refractivity contribution in [1.82, 2.24) is 4.90 Å². The molecule has 0 aliphatic carbocycles. The Bertz CT molecular complexity index is 168. The van der Waals surface area contributed by atoms with Gasteiger partial charge in [-0.3, -0.25) is 0 Å². The molecule has 0 saturated carbocycles. The third kappa shape index (κ3) is 5.21. The zero-order valence-electron chi connectivity index (χ0n) is 7.54. The molecule has 0 aliphatic heterocycles. The Kier molecular flexibility index (Phi) is 5.84. The maximum absolute atomic E-state index is 11.0. The number of ether oxygens (including phenoxy) is 1. The molecule has 4 heteroatoms. The summed E-state index contributed by atoms with van der Waals surface area (Å²) >= 11 is 3.91. The summed E-state index contributed by atoms with van der Waals surface area (Å²) < 4.78 is 4.88. The average molecular weight is 189 g/mol. The van der Waals surface area contributed by atoms with Crippen LogP contribution < -0.4 is 0 Å². The predicted molar refractivity (Wildman–Crippen MR) is 52.5 cm³/mol. The van der Waals surface area contributed by atoms with Crippen LogP contribution in [0.4, 0.5) is 0 Å². The van der Waals surface area contributed by atoms with Crippen LogP contribution in [0.1, 0.15) is 0 Å². The van der Waals surface area contributed by atoms with Gasteiger partial charge in [-0.1, -0.05) is 6.58 Å². The highest BCUT2D eigenvalue weighted by molar-refractivity contribution is 7.80. The zero-order valence-corrected chi connectivity index (χ0v) is 8.43. The Morgan fingerprint density at radius 1 is 1.58 bits per heavy atom. The number of thiol groups is 1. The van der Waals surface area contributed by atoms with Crippen molar-refractivity contribution in [1.29, 1.82) is 0 Å². The molecule has 70 valence electrons. The van der Waals surface area contributed by atoms with Crippen LogP contribution in [0.25, 0.3) is 0 Å². The molecular formula is C8H15NO2S. The van der Waals surface area contributed by atoms with Crippen LogP contribution in [0.5, 0.6) is 0 Å². The summed E-state index contributed by atoms with van der Waals surface area (Å²) in [5.41, 5.74) is 0.400. The average Bonchev–Trinajstić information content (AvgIpc) is 2.02. The van der Waals surface area contributed by atoms with Gasteiger partial charge in [0.15, 0.2) is 0 Å². The van der Waals surface area contributed by atoms with E-state index < -0.39 is 0 Å². The van der Waals surface area contributed by atoms with Crippen molar-refractivity contribution in [2.45, 2.75) is 0 Å². The second-order valence-electron chi connectivity index (χ2n) is 2.70. The number of carbonyl (C=O) groups is 1. The van der Waals surface area contributed by atoms with Gasteiger partial charge in [-0.05, 0) is 14.1 Å². The maximum Gasteiger partial charge on any atom is 0.334 e. The number of nitrogens with zero attached hydrogens (tertiary/aromatic N) is 1. The lowest BCUT2D eigenvalue weighted by Crippen LogP contribution is -2.20. The second-order valence-corrected chi connectivity index (χ2v) is 3.02. The van der Waals surface area contributed by atoms with Gasteiger partial charge in [-0.25, -0.2) is 4.79 Å². The fraction of sp³-hybridized carbons (Fsp3) is 0.625. The molecule has 12 heavy (non-hydrogen) atoms. The Labute approximate surface area is 78.8 Å². The van der Waals surface area contributed by atoms with E-state index in [0.717, 1.165) is 6.54 Å². The second kappa shape index (κ2) is 6.08. The lowest BCUT2D eigenvalue weighted by atomic mass is 10.4. The van der Waals surface area contributed by atoms with Gasteiger partial charge in [0.25, 0.3) is 0 Å². The number of hydrogen-bond acceptors (Lipinski definition) is 4. The minimum atomic E-state index is -0.355. The fourth-order valence-electron chi connectivity index (χ4n) is 0.488. The molecular weight excluding hydrogens is 174 g/mol. The predicted octanol–water partition coefficient (Wildman–Crippen LogP) is 0.577. The van der Waals surface area contributed by atoms with Gasteiger partial charge in [0, 0.05) is 17.9 Å². The monoisotopic (exact) mass is 189 g/mol. The van der Waals surface area contributed by atoms with Gasteiger partial charge >= 0.3 is 5.97 Å². The lowest BCUT2D eigenvalue weighted by molar-refractivity contribution is -0.139. The summed E-state index contributed by atoms with van der Waals surface area (Å²) in [5, 5.41) is 0. The van der Waals surface area contributed by atoms with E-state index in [9.17, 15) is 4.79 Å². The van der Waals surface area contributed by atoms with E-state index in [1.807, 2.05) is 19.0 Å². The van der Waals surface area contributed by atoms with E-state index in [-0.39, 0.29) is 5.97 Å². The first-order valence-electron chi connectivity index (χ1n) is 3.68. The number of rotatable bonds is 5. The molecule has 0 atom stereocenters. The normalized spacial score (nSPS) is 10.0. The molecule has 0 aromatic heterocycles. The van der Waals surface area contributed by atoms with Crippen LogP contribution in [0.15, 0.2) is 12.2 Å². The summed E-state index contributed by atoms with van der Waals surface area (Å²) in [5.74, 6) is -0.00676. The highest BCUT2D eigenvalue weighted by Crippen LogP contribution is 1.96. The molecule has 0 N–H and O–H groups in total. The lowest BCUT2D eigenvalue weighted by Gasteiger charge is -2.09. The van der Waals surface area contributed by atoms with Gasteiger partial charge < -0.3 is 9.64 Å². The number of esters is 1. The zero-order chi connectivity index (χ0) is 9.56. The Morgan fingerprint density at radius 3 is 2.58 bits per heavy atom. The highest BCUT2D eigenvalue weighted by atomic mass is 32.1. The van der Waals surface area contributed by atoms with Gasteiger partial charge in [-0.15, -0.1) is 0 Å². The summed E-state index contributed by atoms with van der Waals surface area (Å²) in [4.78, 5) is 12.9. The van der Waals surface area contributed by atoms with Crippen LogP contribution in [0.3, 0.4) is 0 Å². The molecule has 0 radical (unpaired) electrons. The van der Waals surface area contributed by atoms with Crippen molar-refractivity contribution >= 4 is 18.6 Å². The van der Waals surface area contributed by atoms with Crippen molar-refractivity contribution in [3.63, 3.8) is 0 Å². The largest absolute Gasteiger partial charge is 0.461 e. The van der Waals surface area contributed by atoms with Crippen molar-refractivity contribution in [2.24, 2.45) is 0 Å². The molecule has 0 rings (SSSR count). The van der Waals surface area contributed by atoms with Crippen LogP contribution in [0, 0.1) is 0 Å². The Hall–Kier alpha value is -0.480. The molecule has 0 saturated heterocycles. The Balaban J connectivity index is 3.51. The van der Waals surface area contributed by atoms with E-state index in [0.29, 0.717) is 17.9 Å². The topological polar surface area (TPSA) is 29.5 Å². The summed E-state index contributed by atoms with van der Waals surface area (Å²) in [6.07, 6.45) is 0. The van der Waals surface area contributed by atoms with E-state index in [1.54, 1.807) is 0 Å². The number of likely N-dealkylation sites (N-methyl/N-ethyl adjacent to an activating group) is 1. The van der Waals surface area contributed by atoms with Crippen molar-refractivity contribution < 1.29 is 9.53 Å². The van der Waals surface area contributed by atoms with E-state index in [1.165, 1.54) is 0 Å². The minimum Gasteiger partial charge on any atom is -0.461 e. The quantitative estimate of drug-likeness (QED) is 0.390. The molecule has 3 nitrogen and oxygen atoms in total. The van der Waals surface area contributed by atoms with E-state index >= 15 is 0 Å². The summed E-state index contributed by atoms with van der Waals surface area (Å²) in [7, 11) is 3.84. The smallest absolute Gasteiger partial charge is 0.334 e. The summed E-state index contributed by atoms with van der Waals surface area (Å²) in [6, 6.07) is 0. The summed E-state index contributed by atoms with van der Waals surface area (Å²) in [6.45, 7) is 4.64. The first-order valence-corrected chi connectivity index (χ1v) is 4.31. The SMILES string of the molecule is C=C(CS)C(=O)OCCN(C)C. The van der Waals surface area contributed by atoms with E-state index in [2.05, 4.69) is 19.2 Å². The van der Waals surface area contributed by atoms with Gasteiger partial charge in [0.05, 0.1) is 0 Å². The van der Waals surface area contributed by atoms with Crippen molar-refractivity contribution in [3.05, 3.63) is 12.2 Å². The van der Waals surface area contributed by atoms with Crippen LogP contribution >= 0.6 is 12.6 Å². The Morgan fingerprint density at radius 2 is 2.17 bits per heavy atom. The first-order chi connectivity index (χ1) is 5.57. The van der Waals surface area contributed by atoms with Gasteiger partial charge in [0.2, 0.25) is 0 Å². The standard InChI is InChI=1S/C8H15NO2S/c1-7(6-12)8(10)11-5-4-9(2)3/h12H,1,4-6H2,2-3H3. The molecule has 0 aromatic carbocycles. The first kappa shape index (κ1) is 11.5. The molecule has 0 fully saturated rings. The highest BCUT2D eigenvalue weighted by Gasteiger charge is 2.05. The van der Waals surface area contributed by atoms with Gasteiger partial charge in [-0.2, -0.15) is 12.6 Å². The molecule has 0 aliphatic rings. The third-order valence-electron chi connectivity index (χ3n) is 1.25. The van der Waals surface area contributed by atoms with E-state index in [4.69, 9.17) is 4.74 Å². The van der Waals surface area contributed by atoms with Crippen LogP contribution in [-0.4, -0.2) is 43.9 Å². The fourth-order valence-corrected chi connectivity index (χ4v) is 0.617.